The molecule has 1 aromatic rings. The second kappa shape index (κ2) is 8.92. The lowest BCUT2D eigenvalue weighted by Gasteiger charge is -2.28. The number of anilines is 2. The lowest BCUT2D eigenvalue weighted by Crippen LogP contribution is -2.40. The fourth-order valence-corrected chi connectivity index (χ4v) is 2.19. The fourth-order valence-electron chi connectivity index (χ4n) is 2.19. The summed E-state index contributed by atoms with van der Waals surface area (Å²) in [6.07, 6.45) is 2.65. The summed E-state index contributed by atoms with van der Waals surface area (Å²) < 4.78 is 5.32. The predicted molar refractivity (Wildman–Crippen MR) is 90.6 cm³/mol. The van der Waals surface area contributed by atoms with Gasteiger partial charge < -0.3 is 20.7 Å². The highest BCUT2D eigenvalue weighted by Gasteiger charge is 2.20. The zero-order valence-electron chi connectivity index (χ0n) is 13.1. The second-order valence-corrected chi connectivity index (χ2v) is 5.40. The number of rotatable bonds is 5. The molecule has 0 aliphatic carbocycles. The molecule has 1 aromatic heterocycles. The van der Waals surface area contributed by atoms with Crippen molar-refractivity contribution in [2.75, 3.05) is 36.5 Å². The van der Waals surface area contributed by atoms with Crippen LogP contribution >= 0.6 is 12.4 Å². The number of carbonyl (C=O) groups is 1. The Hall–Kier alpha value is -1.37. The molecule has 3 N–H and O–H groups in total. The minimum absolute atomic E-state index is 0. The number of hydrogen-bond donors (Lipinski definition) is 2. The lowest BCUT2D eigenvalue weighted by atomic mass is 9.99. The maximum absolute atomic E-state index is 12.0. The van der Waals surface area contributed by atoms with Gasteiger partial charge in [-0.2, -0.15) is 0 Å². The lowest BCUT2D eigenvalue weighted by molar-refractivity contribution is -0.118. The third kappa shape index (κ3) is 4.83. The van der Waals surface area contributed by atoms with Crippen LogP contribution in [0.4, 0.5) is 11.5 Å². The molecule has 2 heterocycles. The second-order valence-electron chi connectivity index (χ2n) is 5.40. The number of morpholine rings is 1. The van der Waals surface area contributed by atoms with E-state index in [4.69, 9.17) is 10.5 Å². The molecule has 0 aromatic carbocycles. The molecule has 1 aliphatic rings. The molecule has 0 saturated carbocycles. The molecule has 22 heavy (non-hydrogen) atoms. The van der Waals surface area contributed by atoms with Crippen LogP contribution < -0.4 is 16.0 Å². The van der Waals surface area contributed by atoms with E-state index in [9.17, 15) is 4.79 Å². The van der Waals surface area contributed by atoms with Crippen LogP contribution in [0.3, 0.4) is 0 Å². The highest BCUT2D eigenvalue weighted by Crippen LogP contribution is 2.17. The van der Waals surface area contributed by atoms with Gasteiger partial charge in [-0.3, -0.25) is 4.79 Å². The number of nitrogens with two attached hydrogens (primary N) is 1. The zero-order valence-corrected chi connectivity index (χ0v) is 13.9. The van der Waals surface area contributed by atoms with Crippen molar-refractivity contribution >= 4 is 29.8 Å². The number of nitrogens with one attached hydrogen (secondary N) is 1. The molecule has 2 atom stereocenters. The Labute approximate surface area is 137 Å². The van der Waals surface area contributed by atoms with Crippen LogP contribution in [0, 0.1) is 5.92 Å². The Morgan fingerprint density at radius 1 is 1.45 bits per heavy atom. The molecule has 1 fully saturated rings. The van der Waals surface area contributed by atoms with E-state index in [2.05, 4.69) is 15.2 Å². The number of halogens is 1. The van der Waals surface area contributed by atoms with Crippen LogP contribution in [0.15, 0.2) is 18.3 Å². The van der Waals surface area contributed by atoms with Crippen LogP contribution in [0.2, 0.25) is 0 Å². The average Bonchev–Trinajstić information content (AvgIpc) is 2.54. The van der Waals surface area contributed by atoms with Crippen LogP contribution in [0.1, 0.15) is 20.3 Å². The van der Waals surface area contributed by atoms with Gasteiger partial charge in [0, 0.05) is 13.1 Å². The standard InChI is InChI=1S/C15H24N4O2.ClH/c1-3-11(2)14(16)15(20)18-13-5-4-12(10-17-13)19-6-8-21-9-7-19;/h4-5,10-11,14H,3,6-9,16H2,1-2H3,(H,17,18,20);1H. The number of ether oxygens (including phenoxy) is 1. The molecule has 2 rings (SSSR count). The van der Waals surface area contributed by atoms with Gasteiger partial charge in [-0.25, -0.2) is 4.98 Å². The van der Waals surface area contributed by atoms with E-state index in [0.29, 0.717) is 5.82 Å². The molecule has 0 radical (unpaired) electrons. The summed E-state index contributed by atoms with van der Waals surface area (Å²) in [7, 11) is 0. The van der Waals surface area contributed by atoms with Gasteiger partial charge in [0.2, 0.25) is 5.91 Å². The van der Waals surface area contributed by atoms with Crippen molar-refractivity contribution in [1.29, 1.82) is 0 Å². The van der Waals surface area contributed by atoms with E-state index in [1.54, 1.807) is 6.20 Å². The van der Waals surface area contributed by atoms with Gasteiger partial charge in [0.1, 0.15) is 5.82 Å². The van der Waals surface area contributed by atoms with Gasteiger partial charge in [-0.15, -0.1) is 12.4 Å². The molecule has 124 valence electrons. The van der Waals surface area contributed by atoms with Gasteiger partial charge in [0.05, 0.1) is 31.1 Å². The summed E-state index contributed by atoms with van der Waals surface area (Å²) in [4.78, 5) is 18.5. The number of hydrogen-bond acceptors (Lipinski definition) is 5. The van der Waals surface area contributed by atoms with Crippen molar-refractivity contribution in [2.45, 2.75) is 26.3 Å². The highest BCUT2D eigenvalue weighted by atomic mass is 35.5. The first-order chi connectivity index (χ1) is 10.1. The number of nitrogens with zero attached hydrogens (tertiary/aromatic N) is 2. The summed E-state index contributed by atoms with van der Waals surface area (Å²) in [6.45, 7) is 7.20. The Bertz CT molecular complexity index is 463. The predicted octanol–water partition coefficient (Wildman–Crippen LogP) is 1.65. The molecule has 0 spiro atoms. The van der Waals surface area contributed by atoms with Crippen molar-refractivity contribution in [1.82, 2.24) is 4.98 Å². The van der Waals surface area contributed by atoms with E-state index >= 15 is 0 Å². The Balaban J connectivity index is 0.00000242. The molecule has 1 aliphatic heterocycles. The average molecular weight is 329 g/mol. The Morgan fingerprint density at radius 3 is 2.68 bits per heavy atom. The number of pyridine rings is 1. The Kier molecular flexibility index (Phi) is 7.58. The quantitative estimate of drug-likeness (QED) is 0.859. The Morgan fingerprint density at radius 2 is 2.14 bits per heavy atom. The topological polar surface area (TPSA) is 80.5 Å². The van der Waals surface area contributed by atoms with Gasteiger partial charge in [0.15, 0.2) is 0 Å². The third-order valence-electron chi connectivity index (χ3n) is 3.94. The number of amides is 1. The smallest absolute Gasteiger partial charge is 0.242 e. The van der Waals surface area contributed by atoms with E-state index in [1.165, 1.54) is 0 Å². The van der Waals surface area contributed by atoms with Gasteiger partial charge in [-0.1, -0.05) is 20.3 Å². The SMILES string of the molecule is CCC(C)C(N)C(=O)Nc1ccc(N2CCOCC2)cn1.Cl. The normalized spacial score (nSPS) is 17.3. The maximum atomic E-state index is 12.0. The summed E-state index contributed by atoms with van der Waals surface area (Å²) in [6, 6.07) is 3.27. The number of aromatic nitrogens is 1. The van der Waals surface area contributed by atoms with E-state index < -0.39 is 6.04 Å². The summed E-state index contributed by atoms with van der Waals surface area (Å²) in [5.74, 6) is 0.504. The molecule has 0 bridgehead atoms. The molecular formula is C15H25ClN4O2. The summed E-state index contributed by atoms with van der Waals surface area (Å²) >= 11 is 0. The fraction of sp³-hybridized carbons (Fsp3) is 0.600. The van der Waals surface area contributed by atoms with Gasteiger partial charge >= 0.3 is 0 Å². The van der Waals surface area contributed by atoms with Crippen LogP contribution in [-0.4, -0.2) is 43.2 Å². The minimum atomic E-state index is -0.504. The first-order valence-corrected chi connectivity index (χ1v) is 7.47. The third-order valence-corrected chi connectivity index (χ3v) is 3.94. The van der Waals surface area contributed by atoms with Gasteiger partial charge in [-0.05, 0) is 18.1 Å². The minimum Gasteiger partial charge on any atom is -0.378 e. The highest BCUT2D eigenvalue weighted by molar-refractivity contribution is 5.94. The van der Waals surface area contributed by atoms with Crippen LogP contribution in [0.25, 0.3) is 0 Å². The van der Waals surface area contributed by atoms with E-state index in [0.717, 1.165) is 38.4 Å². The molecule has 1 saturated heterocycles. The monoisotopic (exact) mass is 328 g/mol. The van der Waals surface area contributed by atoms with Crippen LogP contribution in [-0.2, 0) is 9.53 Å². The van der Waals surface area contributed by atoms with Crippen LogP contribution in [0.5, 0.6) is 0 Å². The molecule has 6 nitrogen and oxygen atoms in total. The van der Waals surface area contributed by atoms with Crippen molar-refractivity contribution in [3.8, 4) is 0 Å². The summed E-state index contributed by atoms with van der Waals surface area (Å²) in [5.41, 5.74) is 6.95. The van der Waals surface area contributed by atoms with Gasteiger partial charge in [0.25, 0.3) is 0 Å². The van der Waals surface area contributed by atoms with Crippen molar-refractivity contribution in [3.05, 3.63) is 18.3 Å². The largest absolute Gasteiger partial charge is 0.378 e. The zero-order chi connectivity index (χ0) is 15.2. The maximum Gasteiger partial charge on any atom is 0.242 e. The van der Waals surface area contributed by atoms with Crippen molar-refractivity contribution < 1.29 is 9.53 Å². The summed E-state index contributed by atoms with van der Waals surface area (Å²) in [5, 5.41) is 2.77. The molecule has 7 heteroatoms. The number of carbonyl (C=O) groups excluding carboxylic acids is 1. The first-order valence-electron chi connectivity index (χ1n) is 7.47. The molecular weight excluding hydrogens is 304 g/mol. The van der Waals surface area contributed by atoms with E-state index in [1.807, 2.05) is 26.0 Å². The van der Waals surface area contributed by atoms with Crippen molar-refractivity contribution in [3.63, 3.8) is 0 Å². The van der Waals surface area contributed by atoms with Crippen molar-refractivity contribution in [2.24, 2.45) is 11.7 Å². The molecule has 2 unspecified atom stereocenters. The van der Waals surface area contributed by atoms with E-state index in [-0.39, 0.29) is 24.2 Å². The first kappa shape index (κ1) is 18.7. The molecule has 1 amide bonds.